The first kappa shape index (κ1) is 11.0. The average molecular weight is 215 g/mol. The predicted molar refractivity (Wildman–Crippen MR) is 65.5 cm³/mol. The van der Waals surface area contributed by atoms with Gasteiger partial charge in [0.25, 0.3) is 0 Å². The SMILES string of the molecule is COc1ccc(C#CC2CCCNC2)cc1. The summed E-state index contributed by atoms with van der Waals surface area (Å²) in [5.41, 5.74) is 1.06. The van der Waals surface area contributed by atoms with Crippen molar-refractivity contribution in [3.05, 3.63) is 29.8 Å². The molecule has 0 aromatic heterocycles. The van der Waals surface area contributed by atoms with Crippen LogP contribution in [-0.2, 0) is 0 Å². The average Bonchev–Trinajstić information content (AvgIpc) is 2.38. The van der Waals surface area contributed by atoms with E-state index < -0.39 is 0 Å². The van der Waals surface area contributed by atoms with E-state index in [1.165, 1.54) is 12.8 Å². The van der Waals surface area contributed by atoms with Gasteiger partial charge in [0.1, 0.15) is 5.75 Å². The van der Waals surface area contributed by atoms with E-state index in [1.54, 1.807) is 7.11 Å². The van der Waals surface area contributed by atoms with Crippen LogP contribution >= 0.6 is 0 Å². The molecule has 84 valence electrons. The van der Waals surface area contributed by atoms with Crippen LogP contribution in [0.4, 0.5) is 0 Å². The molecule has 2 nitrogen and oxygen atoms in total. The van der Waals surface area contributed by atoms with E-state index in [0.29, 0.717) is 5.92 Å². The maximum atomic E-state index is 5.11. The van der Waals surface area contributed by atoms with E-state index in [0.717, 1.165) is 24.4 Å². The maximum Gasteiger partial charge on any atom is 0.118 e. The number of hydrogen-bond acceptors (Lipinski definition) is 2. The summed E-state index contributed by atoms with van der Waals surface area (Å²) >= 11 is 0. The molecule has 0 amide bonds. The van der Waals surface area contributed by atoms with Crippen LogP contribution in [0.5, 0.6) is 5.75 Å². The summed E-state index contributed by atoms with van der Waals surface area (Å²) in [5, 5.41) is 3.37. The third-order valence-electron chi connectivity index (χ3n) is 2.81. The highest BCUT2D eigenvalue weighted by Gasteiger charge is 2.08. The third-order valence-corrected chi connectivity index (χ3v) is 2.81. The van der Waals surface area contributed by atoms with Gasteiger partial charge in [-0.15, -0.1) is 0 Å². The molecule has 0 bridgehead atoms. The van der Waals surface area contributed by atoms with Crippen LogP contribution in [0.2, 0.25) is 0 Å². The van der Waals surface area contributed by atoms with E-state index >= 15 is 0 Å². The fourth-order valence-corrected chi connectivity index (χ4v) is 1.83. The van der Waals surface area contributed by atoms with Gasteiger partial charge in [-0.05, 0) is 43.7 Å². The van der Waals surface area contributed by atoms with Gasteiger partial charge < -0.3 is 10.1 Å². The summed E-state index contributed by atoms with van der Waals surface area (Å²) in [6.07, 6.45) is 2.46. The normalized spacial score (nSPS) is 19.7. The molecular weight excluding hydrogens is 198 g/mol. The Hall–Kier alpha value is -1.46. The number of ether oxygens (including phenoxy) is 1. The number of methoxy groups -OCH3 is 1. The van der Waals surface area contributed by atoms with Gasteiger partial charge in [-0.25, -0.2) is 0 Å². The molecule has 1 unspecified atom stereocenters. The molecule has 2 heteroatoms. The van der Waals surface area contributed by atoms with Gasteiger partial charge >= 0.3 is 0 Å². The molecule has 1 N–H and O–H groups in total. The molecule has 0 radical (unpaired) electrons. The zero-order chi connectivity index (χ0) is 11.2. The second-order valence-corrected chi connectivity index (χ2v) is 4.04. The lowest BCUT2D eigenvalue weighted by Gasteiger charge is -2.17. The lowest BCUT2D eigenvalue weighted by Crippen LogP contribution is -2.28. The minimum Gasteiger partial charge on any atom is -0.497 e. The van der Waals surface area contributed by atoms with Crippen LogP contribution in [-0.4, -0.2) is 20.2 Å². The van der Waals surface area contributed by atoms with Crippen molar-refractivity contribution in [1.82, 2.24) is 5.32 Å². The molecule has 1 heterocycles. The lowest BCUT2D eigenvalue weighted by molar-refractivity contribution is 0.415. The van der Waals surface area contributed by atoms with E-state index in [2.05, 4.69) is 17.2 Å². The van der Waals surface area contributed by atoms with E-state index in [1.807, 2.05) is 24.3 Å². The Balaban J connectivity index is 1.99. The monoisotopic (exact) mass is 215 g/mol. The number of hydrogen-bond donors (Lipinski definition) is 1. The summed E-state index contributed by atoms with van der Waals surface area (Å²) in [7, 11) is 1.67. The molecule has 0 saturated carbocycles. The second-order valence-electron chi connectivity index (χ2n) is 4.04. The van der Waals surface area contributed by atoms with Gasteiger partial charge in [0.05, 0.1) is 7.11 Å². The van der Waals surface area contributed by atoms with E-state index in [-0.39, 0.29) is 0 Å². The highest BCUT2D eigenvalue weighted by molar-refractivity contribution is 5.38. The quantitative estimate of drug-likeness (QED) is 0.724. The predicted octanol–water partition coefficient (Wildman–Crippen LogP) is 2.05. The molecule has 1 aliphatic heterocycles. The van der Waals surface area contributed by atoms with Gasteiger partial charge in [-0.1, -0.05) is 11.8 Å². The second kappa shape index (κ2) is 5.58. The molecule has 1 saturated heterocycles. The maximum absolute atomic E-state index is 5.11. The zero-order valence-corrected chi connectivity index (χ0v) is 9.62. The zero-order valence-electron chi connectivity index (χ0n) is 9.62. The van der Waals surface area contributed by atoms with Crippen LogP contribution in [0.25, 0.3) is 0 Å². The van der Waals surface area contributed by atoms with Crippen molar-refractivity contribution >= 4 is 0 Å². The Morgan fingerprint density at radius 1 is 1.31 bits per heavy atom. The Kier molecular flexibility index (Phi) is 3.85. The molecule has 1 atom stereocenters. The number of piperidine rings is 1. The summed E-state index contributed by atoms with van der Waals surface area (Å²) in [4.78, 5) is 0. The largest absolute Gasteiger partial charge is 0.497 e. The number of benzene rings is 1. The van der Waals surface area contributed by atoms with Gasteiger partial charge in [0.2, 0.25) is 0 Å². The third kappa shape index (κ3) is 3.01. The lowest BCUT2D eigenvalue weighted by atomic mass is 10.00. The van der Waals surface area contributed by atoms with Crippen LogP contribution in [0.15, 0.2) is 24.3 Å². The van der Waals surface area contributed by atoms with Crippen molar-refractivity contribution < 1.29 is 4.74 Å². The molecule has 16 heavy (non-hydrogen) atoms. The molecule has 1 aromatic rings. The summed E-state index contributed by atoms with van der Waals surface area (Å²) in [5.74, 6) is 7.93. The van der Waals surface area contributed by atoms with E-state index in [9.17, 15) is 0 Å². The minimum absolute atomic E-state index is 0.510. The van der Waals surface area contributed by atoms with Crippen LogP contribution in [0, 0.1) is 17.8 Å². The van der Waals surface area contributed by atoms with Crippen molar-refractivity contribution in [2.75, 3.05) is 20.2 Å². The summed E-state index contributed by atoms with van der Waals surface area (Å²) in [6.45, 7) is 2.17. The fraction of sp³-hybridized carbons (Fsp3) is 0.429. The Morgan fingerprint density at radius 2 is 2.12 bits per heavy atom. The molecule has 1 fully saturated rings. The fourth-order valence-electron chi connectivity index (χ4n) is 1.83. The number of nitrogens with one attached hydrogen (secondary N) is 1. The Morgan fingerprint density at radius 3 is 2.75 bits per heavy atom. The van der Waals surface area contributed by atoms with Crippen molar-refractivity contribution in [3.8, 4) is 17.6 Å². The van der Waals surface area contributed by atoms with Gasteiger partial charge in [-0.2, -0.15) is 0 Å². The first-order valence-electron chi connectivity index (χ1n) is 5.75. The van der Waals surface area contributed by atoms with Crippen molar-refractivity contribution in [2.24, 2.45) is 5.92 Å². The van der Waals surface area contributed by atoms with Gasteiger partial charge in [0, 0.05) is 18.0 Å². The summed E-state index contributed by atoms with van der Waals surface area (Å²) < 4.78 is 5.11. The molecule has 0 aliphatic carbocycles. The van der Waals surface area contributed by atoms with Gasteiger partial charge in [0.15, 0.2) is 0 Å². The van der Waals surface area contributed by atoms with Crippen LogP contribution in [0.3, 0.4) is 0 Å². The highest BCUT2D eigenvalue weighted by Crippen LogP contribution is 2.11. The molecule has 1 aliphatic rings. The van der Waals surface area contributed by atoms with E-state index in [4.69, 9.17) is 4.74 Å². The first-order chi connectivity index (χ1) is 7.88. The molecular formula is C14H17NO. The first-order valence-corrected chi connectivity index (χ1v) is 5.75. The standard InChI is InChI=1S/C14H17NO/c1-16-14-8-6-12(7-9-14)4-5-13-3-2-10-15-11-13/h6-9,13,15H,2-3,10-11H2,1H3. The molecule has 2 rings (SSSR count). The summed E-state index contributed by atoms with van der Waals surface area (Å²) in [6, 6.07) is 7.90. The minimum atomic E-state index is 0.510. The smallest absolute Gasteiger partial charge is 0.118 e. The Bertz CT molecular complexity index is 379. The van der Waals surface area contributed by atoms with Crippen LogP contribution < -0.4 is 10.1 Å². The van der Waals surface area contributed by atoms with Crippen molar-refractivity contribution in [2.45, 2.75) is 12.8 Å². The molecule has 1 aromatic carbocycles. The topological polar surface area (TPSA) is 21.3 Å². The van der Waals surface area contributed by atoms with Gasteiger partial charge in [-0.3, -0.25) is 0 Å². The number of rotatable bonds is 1. The van der Waals surface area contributed by atoms with Crippen LogP contribution in [0.1, 0.15) is 18.4 Å². The van der Waals surface area contributed by atoms with Crippen molar-refractivity contribution in [3.63, 3.8) is 0 Å². The van der Waals surface area contributed by atoms with Crippen molar-refractivity contribution in [1.29, 1.82) is 0 Å². The Labute approximate surface area is 97.0 Å². The highest BCUT2D eigenvalue weighted by atomic mass is 16.5. The molecule has 0 spiro atoms.